The average molecular weight is 310 g/mol. The fourth-order valence-corrected chi connectivity index (χ4v) is 1.90. The van der Waals surface area contributed by atoms with Crippen LogP contribution >= 0.6 is 0 Å². The number of methoxy groups -OCH3 is 1. The predicted molar refractivity (Wildman–Crippen MR) is 89.1 cm³/mol. The molecule has 0 aliphatic rings. The van der Waals surface area contributed by atoms with E-state index in [1.54, 1.807) is 43.5 Å². The van der Waals surface area contributed by atoms with Crippen molar-refractivity contribution >= 4 is 17.9 Å². The lowest BCUT2D eigenvalue weighted by atomic mass is 10.1. The second-order valence-corrected chi connectivity index (χ2v) is 4.97. The third-order valence-electron chi connectivity index (χ3n) is 3.26. The topological polar surface area (TPSA) is 67.8 Å². The van der Waals surface area contributed by atoms with Gasteiger partial charge in [0.2, 0.25) is 0 Å². The number of amides is 1. The molecule has 2 aromatic rings. The van der Waals surface area contributed by atoms with Crippen LogP contribution in [0.2, 0.25) is 0 Å². The first-order valence-corrected chi connectivity index (χ1v) is 7.16. The summed E-state index contributed by atoms with van der Waals surface area (Å²) in [6.45, 7) is 1.96. The number of hydrogen-bond donors (Lipinski definition) is 1. The second kappa shape index (κ2) is 7.89. The van der Waals surface area contributed by atoms with Crippen LogP contribution in [0.25, 0.3) is 0 Å². The number of hydrogen-bond acceptors (Lipinski definition) is 4. The van der Waals surface area contributed by atoms with Gasteiger partial charge in [-0.05, 0) is 31.2 Å². The van der Waals surface area contributed by atoms with Gasteiger partial charge in [0.05, 0.1) is 7.11 Å². The van der Waals surface area contributed by atoms with Crippen LogP contribution in [0.3, 0.4) is 0 Å². The minimum absolute atomic E-state index is 0.0487. The van der Waals surface area contributed by atoms with E-state index in [1.807, 2.05) is 19.1 Å². The molecule has 0 radical (unpaired) electrons. The average Bonchev–Trinajstić information content (AvgIpc) is 2.59. The summed E-state index contributed by atoms with van der Waals surface area (Å²) in [7, 11) is 1.56. The number of nitrogens with one attached hydrogen (secondary N) is 1. The van der Waals surface area contributed by atoms with Crippen LogP contribution in [0.4, 0.5) is 0 Å². The molecule has 0 bridgehead atoms. The lowest BCUT2D eigenvalue weighted by molar-refractivity contribution is 0.0951. The Morgan fingerprint density at radius 3 is 2.26 bits per heavy atom. The molecule has 0 aliphatic carbocycles. The first-order valence-electron chi connectivity index (χ1n) is 7.16. The number of hydrazone groups is 1. The Kier molecular flexibility index (Phi) is 5.63. The summed E-state index contributed by atoms with van der Waals surface area (Å²) in [4.78, 5) is 23.8. The standard InChI is InChI=1S/C18H18N2O3/c1-13-3-5-14(6-4-13)17(21)11-12-19-20-18(22)15-7-9-16(23-2)10-8-15/h3-10,12H,11H2,1-2H3,(H,20,22)/b19-12-. The number of Topliss-reactive ketones (excluding diaryl/α,β-unsaturated/α-hetero) is 1. The maximum Gasteiger partial charge on any atom is 0.271 e. The predicted octanol–water partition coefficient (Wildman–Crippen LogP) is 2.99. The van der Waals surface area contributed by atoms with Crippen molar-refractivity contribution in [2.24, 2.45) is 5.10 Å². The molecule has 0 atom stereocenters. The molecule has 0 saturated heterocycles. The van der Waals surface area contributed by atoms with Gasteiger partial charge in [0.15, 0.2) is 5.78 Å². The lowest BCUT2D eigenvalue weighted by Crippen LogP contribution is -2.17. The lowest BCUT2D eigenvalue weighted by Gasteiger charge is -2.02. The molecule has 2 aromatic carbocycles. The fraction of sp³-hybridized carbons (Fsp3) is 0.167. The Morgan fingerprint density at radius 2 is 1.65 bits per heavy atom. The molecule has 0 aromatic heterocycles. The molecule has 1 amide bonds. The van der Waals surface area contributed by atoms with Crippen molar-refractivity contribution in [1.82, 2.24) is 5.43 Å². The summed E-state index contributed by atoms with van der Waals surface area (Å²) in [5.74, 6) is 0.285. The zero-order chi connectivity index (χ0) is 16.7. The van der Waals surface area contributed by atoms with Crippen molar-refractivity contribution < 1.29 is 14.3 Å². The molecule has 0 unspecified atom stereocenters. The van der Waals surface area contributed by atoms with Crippen molar-refractivity contribution in [2.75, 3.05) is 7.11 Å². The van der Waals surface area contributed by atoms with E-state index in [0.717, 1.165) is 5.56 Å². The maximum atomic E-state index is 11.9. The Bertz CT molecular complexity index is 704. The first-order chi connectivity index (χ1) is 11.1. The summed E-state index contributed by atoms with van der Waals surface area (Å²) >= 11 is 0. The summed E-state index contributed by atoms with van der Waals surface area (Å²) in [5.41, 5.74) is 4.58. The number of ether oxygens (including phenoxy) is 1. The van der Waals surface area contributed by atoms with Gasteiger partial charge >= 0.3 is 0 Å². The van der Waals surface area contributed by atoms with Gasteiger partial charge < -0.3 is 4.74 Å². The summed E-state index contributed by atoms with van der Waals surface area (Å²) < 4.78 is 5.02. The number of aryl methyl sites for hydroxylation is 1. The number of carbonyl (C=O) groups excluding carboxylic acids is 2. The van der Waals surface area contributed by atoms with E-state index in [1.165, 1.54) is 6.21 Å². The zero-order valence-corrected chi connectivity index (χ0v) is 13.1. The Balaban J connectivity index is 1.84. The third-order valence-corrected chi connectivity index (χ3v) is 3.26. The van der Waals surface area contributed by atoms with Crippen molar-refractivity contribution in [3.63, 3.8) is 0 Å². The molecule has 5 nitrogen and oxygen atoms in total. The number of nitrogens with zero attached hydrogens (tertiary/aromatic N) is 1. The smallest absolute Gasteiger partial charge is 0.271 e. The van der Waals surface area contributed by atoms with E-state index in [2.05, 4.69) is 10.5 Å². The molecule has 0 heterocycles. The van der Waals surface area contributed by atoms with Crippen molar-refractivity contribution in [1.29, 1.82) is 0 Å². The molecule has 0 aliphatic heterocycles. The SMILES string of the molecule is COc1ccc(C(=O)N/N=C\CC(=O)c2ccc(C)cc2)cc1. The first kappa shape index (κ1) is 16.4. The minimum Gasteiger partial charge on any atom is -0.497 e. The van der Waals surface area contributed by atoms with Gasteiger partial charge in [-0.3, -0.25) is 9.59 Å². The van der Waals surface area contributed by atoms with E-state index in [9.17, 15) is 9.59 Å². The highest BCUT2D eigenvalue weighted by molar-refractivity contribution is 6.03. The monoisotopic (exact) mass is 310 g/mol. The molecule has 23 heavy (non-hydrogen) atoms. The van der Waals surface area contributed by atoms with Gasteiger partial charge in [-0.25, -0.2) is 5.43 Å². The van der Waals surface area contributed by atoms with E-state index in [-0.39, 0.29) is 18.1 Å². The number of benzene rings is 2. The van der Waals surface area contributed by atoms with Gasteiger partial charge in [0.25, 0.3) is 5.91 Å². The van der Waals surface area contributed by atoms with E-state index in [4.69, 9.17) is 4.74 Å². The largest absolute Gasteiger partial charge is 0.497 e. The van der Waals surface area contributed by atoms with Crippen LogP contribution in [0, 0.1) is 6.92 Å². The number of rotatable bonds is 6. The molecule has 118 valence electrons. The van der Waals surface area contributed by atoms with Crippen molar-refractivity contribution in [2.45, 2.75) is 13.3 Å². The van der Waals surface area contributed by atoms with E-state index >= 15 is 0 Å². The molecular formula is C18H18N2O3. The quantitative estimate of drug-likeness (QED) is 0.506. The molecule has 0 spiro atoms. The van der Waals surface area contributed by atoms with Crippen molar-refractivity contribution in [3.8, 4) is 5.75 Å². The summed E-state index contributed by atoms with van der Waals surface area (Å²) in [6.07, 6.45) is 1.52. The maximum absolute atomic E-state index is 11.9. The van der Waals surface area contributed by atoms with Gasteiger partial charge in [0, 0.05) is 23.8 Å². The number of carbonyl (C=O) groups is 2. The Labute approximate surface area is 135 Å². The highest BCUT2D eigenvalue weighted by Gasteiger charge is 2.05. The van der Waals surface area contributed by atoms with Crippen LogP contribution in [0.5, 0.6) is 5.75 Å². The molecule has 0 saturated carbocycles. The van der Waals surface area contributed by atoms with Crippen LogP contribution in [0.1, 0.15) is 32.7 Å². The summed E-state index contributed by atoms with van der Waals surface area (Å²) in [5, 5.41) is 3.80. The molecular weight excluding hydrogens is 292 g/mol. The van der Waals surface area contributed by atoms with Crippen LogP contribution < -0.4 is 10.2 Å². The second-order valence-electron chi connectivity index (χ2n) is 4.97. The minimum atomic E-state index is -0.341. The molecule has 5 heteroatoms. The molecule has 0 fully saturated rings. The fourth-order valence-electron chi connectivity index (χ4n) is 1.90. The normalized spacial score (nSPS) is 10.5. The van der Waals surface area contributed by atoms with Crippen LogP contribution in [-0.4, -0.2) is 25.0 Å². The van der Waals surface area contributed by atoms with Gasteiger partial charge in [0.1, 0.15) is 5.75 Å². The Hall–Kier alpha value is -2.95. The van der Waals surface area contributed by atoms with E-state index < -0.39 is 0 Å². The summed E-state index contributed by atoms with van der Waals surface area (Å²) in [6, 6.07) is 14.0. The highest BCUT2D eigenvalue weighted by Crippen LogP contribution is 2.11. The van der Waals surface area contributed by atoms with E-state index in [0.29, 0.717) is 16.9 Å². The third kappa shape index (κ3) is 4.78. The van der Waals surface area contributed by atoms with Crippen LogP contribution in [0.15, 0.2) is 53.6 Å². The molecule has 2 rings (SSSR count). The zero-order valence-electron chi connectivity index (χ0n) is 13.1. The van der Waals surface area contributed by atoms with Crippen molar-refractivity contribution in [3.05, 3.63) is 65.2 Å². The Morgan fingerprint density at radius 1 is 1.04 bits per heavy atom. The van der Waals surface area contributed by atoms with Gasteiger partial charge in [-0.2, -0.15) is 5.10 Å². The van der Waals surface area contributed by atoms with Gasteiger partial charge in [-0.1, -0.05) is 29.8 Å². The molecule has 1 N–H and O–H groups in total. The van der Waals surface area contributed by atoms with Gasteiger partial charge in [-0.15, -0.1) is 0 Å². The van der Waals surface area contributed by atoms with Crippen LogP contribution in [-0.2, 0) is 0 Å². The highest BCUT2D eigenvalue weighted by atomic mass is 16.5. The number of ketones is 1.